The van der Waals surface area contributed by atoms with Crippen molar-refractivity contribution in [2.45, 2.75) is 24.3 Å². The Morgan fingerprint density at radius 3 is 2.52 bits per heavy atom. The van der Waals surface area contributed by atoms with E-state index in [1.165, 1.54) is 11.8 Å². The van der Waals surface area contributed by atoms with Gasteiger partial charge in [0.1, 0.15) is 5.82 Å². The predicted octanol–water partition coefficient (Wildman–Crippen LogP) is 2.39. The molecule has 3 rings (SSSR count). The fourth-order valence-corrected chi connectivity index (χ4v) is 2.62. The molecule has 1 aromatic carbocycles. The first-order valence-electron chi connectivity index (χ1n) is 6.56. The van der Waals surface area contributed by atoms with Crippen LogP contribution in [0.15, 0.2) is 39.9 Å². The van der Waals surface area contributed by atoms with E-state index in [0.29, 0.717) is 24.0 Å². The van der Waals surface area contributed by atoms with Crippen molar-refractivity contribution in [2.75, 3.05) is 0 Å². The summed E-state index contributed by atoms with van der Waals surface area (Å²) in [6.07, 6.45) is 0.654. The van der Waals surface area contributed by atoms with E-state index in [0.717, 1.165) is 16.5 Å². The summed E-state index contributed by atoms with van der Waals surface area (Å²) in [7, 11) is 1.94. The number of hydrogen-bond acceptors (Lipinski definition) is 6. The van der Waals surface area contributed by atoms with E-state index in [2.05, 4.69) is 20.4 Å². The van der Waals surface area contributed by atoms with E-state index in [-0.39, 0.29) is 0 Å². The Kier molecular flexibility index (Phi) is 4.01. The summed E-state index contributed by atoms with van der Waals surface area (Å²) in [6, 6.07) is 10.1. The van der Waals surface area contributed by atoms with E-state index in [1.807, 2.05) is 48.9 Å². The monoisotopic (exact) mass is 301 g/mol. The Labute approximate surface area is 126 Å². The first-order valence-corrected chi connectivity index (χ1v) is 7.55. The SMILES string of the molecule is Cc1nnc(SCc2nnc(Cc3ccccc3)o2)n1C. The third kappa shape index (κ3) is 3.30. The summed E-state index contributed by atoms with van der Waals surface area (Å²) in [6.45, 7) is 1.92. The zero-order chi connectivity index (χ0) is 14.7. The van der Waals surface area contributed by atoms with Crippen LogP contribution in [0, 0.1) is 6.92 Å². The number of rotatable bonds is 5. The van der Waals surface area contributed by atoms with Crippen LogP contribution < -0.4 is 0 Å². The van der Waals surface area contributed by atoms with Crippen LogP contribution in [0.1, 0.15) is 23.2 Å². The highest BCUT2D eigenvalue weighted by Crippen LogP contribution is 2.20. The number of benzene rings is 1. The van der Waals surface area contributed by atoms with Crippen LogP contribution in [-0.4, -0.2) is 25.0 Å². The van der Waals surface area contributed by atoms with Crippen molar-refractivity contribution in [3.63, 3.8) is 0 Å². The second-order valence-electron chi connectivity index (χ2n) is 4.63. The Morgan fingerprint density at radius 1 is 1.05 bits per heavy atom. The Bertz CT molecular complexity index is 722. The van der Waals surface area contributed by atoms with Crippen LogP contribution in [0.2, 0.25) is 0 Å². The maximum Gasteiger partial charge on any atom is 0.226 e. The van der Waals surface area contributed by atoms with Gasteiger partial charge in [-0.1, -0.05) is 42.1 Å². The number of aromatic nitrogens is 5. The lowest BCUT2D eigenvalue weighted by Gasteiger charge is -1.98. The zero-order valence-corrected chi connectivity index (χ0v) is 12.7. The normalized spacial score (nSPS) is 11.0. The summed E-state index contributed by atoms with van der Waals surface area (Å²) < 4.78 is 7.59. The molecule has 0 N–H and O–H groups in total. The molecule has 7 heteroatoms. The summed E-state index contributed by atoms with van der Waals surface area (Å²) in [5.41, 5.74) is 1.16. The zero-order valence-electron chi connectivity index (χ0n) is 11.9. The van der Waals surface area contributed by atoms with Gasteiger partial charge >= 0.3 is 0 Å². The molecule has 0 aliphatic heterocycles. The Hall–Kier alpha value is -2.15. The molecule has 0 saturated carbocycles. The van der Waals surface area contributed by atoms with Crippen LogP contribution in [0.3, 0.4) is 0 Å². The van der Waals surface area contributed by atoms with Crippen molar-refractivity contribution in [3.05, 3.63) is 53.5 Å². The molecule has 21 heavy (non-hydrogen) atoms. The van der Waals surface area contributed by atoms with Gasteiger partial charge in [0.25, 0.3) is 0 Å². The second kappa shape index (κ2) is 6.09. The minimum atomic E-state index is 0.591. The first kappa shape index (κ1) is 13.8. The number of thioether (sulfide) groups is 1. The maximum atomic E-state index is 5.66. The molecule has 2 heterocycles. The molecule has 3 aromatic rings. The van der Waals surface area contributed by atoms with Crippen LogP contribution >= 0.6 is 11.8 Å². The second-order valence-corrected chi connectivity index (χ2v) is 5.57. The van der Waals surface area contributed by atoms with Crippen LogP contribution in [0.25, 0.3) is 0 Å². The van der Waals surface area contributed by atoms with E-state index >= 15 is 0 Å². The fraction of sp³-hybridized carbons (Fsp3) is 0.286. The van der Waals surface area contributed by atoms with Gasteiger partial charge in [-0.3, -0.25) is 0 Å². The summed E-state index contributed by atoms with van der Waals surface area (Å²) >= 11 is 1.53. The Balaban J connectivity index is 1.61. The van der Waals surface area contributed by atoms with Crippen molar-refractivity contribution >= 4 is 11.8 Å². The van der Waals surface area contributed by atoms with E-state index < -0.39 is 0 Å². The van der Waals surface area contributed by atoms with Crippen LogP contribution in [-0.2, 0) is 19.2 Å². The fourth-order valence-electron chi connectivity index (χ4n) is 1.83. The molecule has 0 fully saturated rings. The predicted molar refractivity (Wildman–Crippen MR) is 78.8 cm³/mol. The highest BCUT2D eigenvalue weighted by Gasteiger charge is 2.10. The molecule has 108 valence electrons. The molecule has 0 radical (unpaired) electrons. The first-order chi connectivity index (χ1) is 10.2. The van der Waals surface area contributed by atoms with E-state index in [4.69, 9.17) is 4.42 Å². The van der Waals surface area contributed by atoms with Gasteiger partial charge in [-0.15, -0.1) is 20.4 Å². The highest BCUT2D eigenvalue weighted by atomic mass is 32.2. The molecular weight excluding hydrogens is 286 g/mol. The molecule has 0 amide bonds. The molecule has 0 aliphatic rings. The molecule has 0 bridgehead atoms. The minimum Gasteiger partial charge on any atom is -0.424 e. The summed E-state index contributed by atoms with van der Waals surface area (Å²) in [5, 5.41) is 17.1. The van der Waals surface area contributed by atoms with Crippen molar-refractivity contribution in [3.8, 4) is 0 Å². The smallest absolute Gasteiger partial charge is 0.226 e. The standard InChI is InChI=1S/C14H15N5OS/c1-10-15-18-14(19(10)2)21-9-13-17-16-12(20-13)8-11-6-4-3-5-7-11/h3-7H,8-9H2,1-2H3. The number of hydrogen-bond donors (Lipinski definition) is 0. The lowest BCUT2D eigenvalue weighted by atomic mass is 10.2. The van der Waals surface area contributed by atoms with Crippen LogP contribution in [0.5, 0.6) is 0 Å². The molecule has 2 aromatic heterocycles. The lowest BCUT2D eigenvalue weighted by molar-refractivity contribution is 0.474. The molecule has 0 unspecified atom stereocenters. The van der Waals surface area contributed by atoms with Gasteiger partial charge in [0.2, 0.25) is 11.8 Å². The maximum absolute atomic E-state index is 5.66. The average Bonchev–Trinajstić information content (AvgIpc) is 3.07. The van der Waals surface area contributed by atoms with Gasteiger partial charge in [0, 0.05) is 7.05 Å². The topological polar surface area (TPSA) is 69.6 Å². The van der Waals surface area contributed by atoms with Gasteiger partial charge in [-0.05, 0) is 12.5 Å². The number of aryl methyl sites for hydroxylation is 1. The van der Waals surface area contributed by atoms with Crippen molar-refractivity contribution in [2.24, 2.45) is 7.05 Å². The third-order valence-corrected chi connectivity index (χ3v) is 4.09. The van der Waals surface area contributed by atoms with E-state index in [9.17, 15) is 0 Å². The summed E-state index contributed by atoms with van der Waals surface area (Å²) in [4.78, 5) is 0. The van der Waals surface area contributed by atoms with Crippen molar-refractivity contribution in [1.29, 1.82) is 0 Å². The van der Waals surface area contributed by atoms with Crippen molar-refractivity contribution < 1.29 is 4.42 Å². The van der Waals surface area contributed by atoms with Gasteiger partial charge in [0.15, 0.2) is 5.16 Å². The quantitative estimate of drug-likeness (QED) is 0.674. The molecule has 0 aliphatic carbocycles. The molecule has 0 saturated heterocycles. The van der Waals surface area contributed by atoms with Crippen LogP contribution in [0.4, 0.5) is 0 Å². The number of nitrogens with zero attached hydrogens (tertiary/aromatic N) is 5. The van der Waals surface area contributed by atoms with Gasteiger partial charge in [-0.25, -0.2) is 0 Å². The van der Waals surface area contributed by atoms with Gasteiger partial charge < -0.3 is 8.98 Å². The molecule has 6 nitrogen and oxygen atoms in total. The lowest BCUT2D eigenvalue weighted by Crippen LogP contribution is -1.93. The molecule has 0 atom stereocenters. The largest absolute Gasteiger partial charge is 0.424 e. The molecular formula is C14H15N5OS. The molecule has 0 spiro atoms. The third-order valence-electron chi connectivity index (χ3n) is 3.08. The summed E-state index contributed by atoms with van der Waals surface area (Å²) in [5.74, 6) is 2.71. The minimum absolute atomic E-state index is 0.591. The Morgan fingerprint density at radius 2 is 1.81 bits per heavy atom. The average molecular weight is 301 g/mol. The van der Waals surface area contributed by atoms with Crippen molar-refractivity contribution in [1.82, 2.24) is 25.0 Å². The van der Waals surface area contributed by atoms with Gasteiger partial charge in [-0.2, -0.15) is 0 Å². The van der Waals surface area contributed by atoms with Gasteiger partial charge in [0.05, 0.1) is 12.2 Å². The van der Waals surface area contributed by atoms with E-state index in [1.54, 1.807) is 0 Å². The highest BCUT2D eigenvalue weighted by molar-refractivity contribution is 7.98.